The third kappa shape index (κ3) is 3.54. The molecule has 0 spiro atoms. The van der Waals surface area contributed by atoms with Crippen LogP contribution in [-0.4, -0.2) is 27.4 Å². The van der Waals surface area contributed by atoms with E-state index in [1.807, 2.05) is 0 Å². The molecule has 3 rings (SSSR count). The van der Waals surface area contributed by atoms with Crippen LogP contribution in [0.25, 0.3) is 11.3 Å². The second kappa shape index (κ2) is 6.86. The standard InChI is InChI=1S/C16H13FN4O3/c17-12-3-1-11(2-4-12)13-5-6-15(22)21(20-13)10-9-18-16(23)14-7-8-19-24-14/h1-8H,9-10H2,(H,18,23). The van der Waals surface area contributed by atoms with Crippen molar-refractivity contribution >= 4 is 5.91 Å². The van der Waals surface area contributed by atoms with Gasteiger partial charge in [-0.2, -0.15) is 5.10 Å². The summed E-state index contributed by atoms with van der Waals surface area (Å²) in [7, 11) is 0. The molecule has 0 fully saturated rings. The first-order valence-corrected chi connectivity index (χ1v) is 7.16. The van der Waals surface area contributed by atoms with Gasteiger partial charge in [0.15, 0.2) is 0 Å². The summed E-state index contributed by atoms with van der Waals surface area (Å²) < 4.78 is 18.9. The van der Waals surface area contributed by atoms with Crippen molar-refractivity contribution in [3.05, 3.63) is 70.6 Å². The zero-order valence-corrected chi connectivity index (χ0v) is 12.5. The predicted octanol–water partition coefficient (Wildman–Crippen LogP) is 1.47. The van der Waals surface area contributed by atoms with Gasteiger partial charge in [-0.3, -0.25) is 9.59 Å². The number of rotatable bonds is 5. The van der Waals surface area contributed by atoms with Crippen LogP contribution in [0.1, 0.15) is 10.6 Å². The predicted molar refractivity (Wildman–Crippen MR) is 82.7 cm³/mol. The van der Waals surface area contributed by atoms with E-state index in [1.54, 1.807) is 18.2 Å². The molecule has 0 radical (unpaired) electrons. The van der Waals surface area contributed by atoms with Crippen LogP contribution in [-0.2, 0) is 6.54 Å². The van der Waals surface area contributed by atoms with E-state index in [1.165, 1.54) is 35.1 Å². The van der Waals surface area contributed by atoms with Gasteiger partial charge in [-0.1, -0.05) is 5.16 Å². The SMILES string of the molecule is O=C(NCCn1nc(-c2ccc(F)cc2)ccc1=O)c1ccno1. The van der Waals surface area contributed by atoms with Crippen LogP contribution in [0.2, 0.25) is 0 Å². The Morgan fingerprint density at radius 1 is 1.17 bits per heavy atom. The van der Waals surface area contributed by atoms with Gasteiger partial charge < -0.3 is 9.84 Å². The lowest BCUT2D eigenvalue weighted by atomic mass is 10.1. The molecule has 0 aliphatic rings. The molecule has 2 heterocycles. The quantitative estimate of drug-likeness (QED) is 0.766. The number of amides is 1. The molecule has 8 heteroatoms. The number of carbonyl (C=O) groups excluding carboxylic acids is 1. The molecular weight excluding hydrogens is 315 g/mol. The number of nitrogens with zero attached hydrogens (tertiary/aromatic N) is 3. The summed E-state index contributed by atoms with van der Waals surface area (Å²) in [5.41, 5.74) is 0.932. The fourth-order valence-electron chi connectivity index (χ4n) is 2.08. The molecule has 1 N–H and O–H groups in total. The molecule has 1 aromatic carbocycles. The second-order valence-corrected chi connectivity index (χ2v) is 4.92. The van der Waals surface area contributed by atoms with Gasteiger partial charge >= 0.3 is 0 Å². The average molecular weight is 328 g/mol. The van der Waals surface area contributed by atoms with Crippen molar-refractivity contribution in [3.8, 4) is 11.3 Å². The Morgan fingerprint density at radius 3 is 2.67 bits per heavy atom. The zero-order valence-electron chi connectivity index (χ0n) is 12.5. The van der Waals surface area contributed by atoms with Crippen LogP contribution < -0.4 is 10.9 Å². The molecule has 7 nitrogen and oxygen atoms in total. The van der Waals surface area contributed by atoms with E-state index in [9.17, 15) is 14.0 Å². The highest BCUT2D eigenvalue weighted by Gasteiger charge is 2.09. The van der Waals surface area contributed by atoms with E-state index in [0.717, 1.165) is 0 Å². The van der Waals surface area contributed by atoms with Crippen LogP contribution in [0.15, 0.2) is 58.0 Å². The summed E-state index contributed by atoms with van der Waals surface area (Å²) >= 11 is 0. The number of carbonyl (C=O) groups is 1. The lowest BCUT2D eigenvalue weighted by Gasteiger charge is -2.08. The lowest BCUT2D eigenvalue weighted by molar-refractivity contribution is 0.0915. The molecule has 3 aromatic rings. The molecule has 0 bridgehead atoms. The van der Waals surface area contributed by atoms with Gasteiger partial charge in [-0.25, -0.2) is 9.07 Å². The molecule has 2 aromatic heterocycles. The number of halogens is 1. The van der Waals surface area contributed by atoms with E-state index >= 15 is 0 Å². The minimum Gasteiger partial charge on any atom is -0.351 e. The van der Waals surface area contributed by atoms with Crippen LogP contribution in [0.3, 0.4) is 0 Å². The monoisotopic (exact) mass is 328 g/mol. The Balaban J connectivity index is 1.69. The van der Waals surface area contributed by atoms with Crippen molar-refractivity contribution in [1.82, 2.24) is 20.3 Å². The number of nitrogens with one attached hydrogen (secondary N) is 1. The summed E-state index contributed by atoms with van der Waals surface area (Å²) in [6, 6.07) is 10.2. The first-order valence-electron chi connectivity index (χ1n) is 7.16. The third-order valence-electron chi connectivity index (χ3n) is 3.28. The van der Waals surface area contributed by atoms with Crippen LogP contribution in [0, 0.1) is 5.82 Å². The lowest BCUT2D eigenvalue weighted by Crippen LogP contribution is -2.31. The summed E-state index contributed by atoms with van der Waals surface area (Å²) in [6.45, 7) is 0.382. The Morgan fingerprint density at radius 2 is 1.96 bits per heavy atom. The van der Waals surface area contributed by atoms with E-state index in [4.69, 9.17) is 4.52 Å². The van der Waals surface area contributed by atoms with Gasteiger partial charge in [0, 0.05) is 24.2 Å². The largest absolute Gasteiger partial charge is 0.351 e. The van der Waals surface area contributed by atoms with E-state index in [0.29, 0.717) is 11.3 Å². The van der Waals surface area contributed by atoms with E-state index in [-0.39, 0.29) is 30.2 Å². The van der Waals surface area contributed by atoms with Gasteiger partial charge in [0.1, 0.15) is 5.82 Å². The second-order valence-electron chi connectivity index (χ2n) is 4.92. The first kappa shape index (κ1) is 15.6. The van der Waals surface area contributed by atoms with Gasteiger partial charge in [0.05, 0.1) is 18.4 Å². The first-order chi connectivity index (χ1) is 11.6. The van der Waals surface area contributed by atoms with Gasteiger partial charge in [-0.15, -0.1) is 0 Å². The summed E-state index contributed by atoms with van der Waals surface area (Å²) in [5.74, 6) is -0.673. The highest BCUT2D eigenvalue weighted by molar-refractivity contribution is 5.91. The van der Waals surface area contributed by atoms with Crippen molar-refractivity contribution in [3.63, 3.8) is 0 Å². The number of aromatic nitrogens is 3. The highest BCUT2D eigenvalue weighted by Crippen LogP contribution is 2.15. The van der Waals surface area contributed by atoms with E-state index in [2.05, 4.69) is 15.6 Å². The molecular formula is C16H13FN4O3. The van der Waals surface area contributed by atoms with Gasteiger partial charge in [0.25, 0.3) is 11.5 Å². The smallest absolute Gasteiger partial charge is 0.289 e. The molecule has 0 saturated carbocycles. The normalized spacial score (nSPS) is 10.5. The maximum Gasteiger partial charge on any atom is 0.289 e. The van der Waals surface area contributed by atoms with Crippen LogP contribution >= 0.6 is 0 Å². The molecule has 0 aliphatic carbocycles. The fourth-order valence-corrected chi connectivity index (χ4v) is 2.08. The van der Waals surface area contributed by atoms with Gasteiger partial charge in [0.2, 0.25) is 5.76 Å². The Labute approximate surface area is 135 Å². The van der Waals surface area contributed by atoms with Crippen molar-refractivity contribution in [2.45, 2.75) is 6.54 Å². The topological polar surface area (TPSA) is 90.0 Å². The summed E-state index contributed by atoms with van der Waals surface area (Å²) in [6.07, 6.45) is 1.37. The Bertz CT molecular complexity index is 888. The average Bonchev–Trinajstić information content (AvgIpc) is 3.12. The van der Waals surface area contributed by atoms with Crippen molar-refractivity contribution in [1.29, 1.82) is 0 Å². The Kier molecular flexibility index (Phi) is 4.46. The molecule has 24 heavy (non-hydrogen) atoms. The van der Waals surface area contributed by atoms with Crippen molar-refractivity contribution in [2.24, 2.45) is 0 Å². The van der Waals surface area contributed by atoms with Gasteiger partial charge in [-0.05, 0) is 30.3 Å². The minimum absolute atomic E-state index is 0.0929. The minimum atomic E-state index is -0.421. The summed E-state index contributed by atoms with van der Waals surface area (Å²) in [5, 5.41) is 10.3. The van der Waals surface area contributed by atoms with E-state index < -0.39 is 5.91 Å². The fraction of sp³-hybridized carbons (Fsp3) is 0.125. The zero-order chi connectivity index (χ0) is 16.9. The number of hydrogen-bond acceptors (Lipinski definition) is 5. The summed E-state index contributed by atoms with van der Waals surface area (Å²) in [4.78, 5) is 23.6. The number of hydrogen-bond donors (Lipinski definition) is 1. The molecule has 122 valence electrons. The van der Waals surface area contributed by atoms with Crippen molar-refractivity contribution in [2.75, 3.05) is 6.54 Å². The molecule has 1 amide bonds. The molecule has 0 unspecified atom stereocenters. The van der Waals surface area contributed by atoms with Crippen LogP contribution in [0.5, 0.6) is 0 Å². The molecule has 0 atom stereocenters. The Hall–Kier alpha value is -3.29. The maximum absolute atomic E-state index is 13.0. The number of benzene rings is 1. The highest BCUT2D eigenvalue weighted by atomic mass is 19.1. The molecule has 0 aliphatic heterocycles. The van der Waals surface area contributed by atoms with Crippen molar-refractivity contribution < 1.29 is 13.7 Å². The maximum atomic E-state index is 13.0. The van der Waals surface area contributed by atoms with Crippen LogP contribution in [0.4, 0.5) is 4.39 Å². The molecule has 0 saturated heterocycles. The third-order valence-corrected chi connectivity index (χ3v) is 3.28.